The predicted octanol–water partition coefficient (Wildman–Crippen LogP) is 2.76. The molecule has 1 aromatic carbocycles. The van der Waals surface area contributed by atoms with Crippen molar-refractivity contribution in [2.45, 2.75) is 13.8 Å². The van der Waals surface area contributed by atoms with Gasteiger partial charge in [0.25, 0.3) is 11.7 Å². The van der Waals surface area contributed by atoms with Crippen molar-refractivity contribution in [2.75, 3.05) is 5.32 Å². The van der Waals surface area contributed by atoms with Crippen molar-refractivity contribution in [3.05, 3.63) is 52.0 Å². The van der Waals surface area contributed by atoms with Gasteiger partial charge < -0.3 is 5.32 Å². The van der Waals surface area contributed by atoms with Gasteiger partial charge in [-0.05, 0) is 53.5 Å². The predicted molar refractivity (Wildman–Crippen MR) is 82.4 cm³/mol. The second-order valence-electron chi connectivity index (χ2n) is 4.67. The number of benzene rings is 1. The lowest BCUT2D eigenvalue weighted by Gasteiger charge is -2.05. The van der Waals surface area contributed by atoms with E-state index in [1.54, 1.807) is 16.8 Å². The minimum absolute atomic E-state index is 0.0873. The van der Waals surface area contributed by atoms with Crippen LogP contribution in [0.25, 0.3) is 5.78 Å². The number of nitrogens with zero attached hydrogens (tertiary/aromatic N) is 4. The summed E-state index contributed by atoms with van der Waals surface area (Å²) < 4.78 is 2.35. The Balaban J connectivity index is 1.92. The van der Waals surface area contributed by atoms with E-state index in [1.165, 1.54) is 0 Å². The van der Waals surface area contributed by atoms with Crippen LogP contribution in [0.1, 0.15) is 21.9 Å². The number of nitrogens with one attached hydrogen (secondary N) is 1. The van der Waals surface area contributed by atoms with Crippen molar-refractivity contribution in [3.63, 3.8) is 0 Å². The van der Waals surface area contributed by atoms with Crippen LogP contribution in [0.2, 0.25) is 0 Å². The Hall–Kier alpha value is -2.28. The van der Waals surface area contributed by atoms with E-state index < -0.39 is 0 Å². The maximum absolute atomic E-state index is 12.2. The average Bonchev–Trinajstić information content (AvgIpc) is 2.87. The van der Waals surface area contributed by atoms with E-state index in [1.807, 2.05) is 32.0 Å². The molecule has 2 aromatic heterocycles. The number of carbonyl (C=O) groups excluding carboxylic acids is 1. The summed E-state index contributed by atoms with van der Waals surface area (Å²) in [6.07, 6.45) is 1.64. The molecule has 3 rings (SSSR count). The molecule has 3 aromatic rings. The molecule has 0 fully saturated rings. The largest absolute Gasteiger partial charge is 0.318 e. The number of hydrogen-bond donors (Lipinski definition) is 1. The van der Waals surface area contributed by atoms with Crippen LogP contribution in [0.4, 0.5) is 5.69 Å². The van der Waals surface area contributed by atoms with Gasteiger partial charge >= 0.3 is 0 Å². The van der Waals surface area contributed by atoms with E-state index in [-0.39, 0.29) is 11.7 Å². The molecular formula is C14H12BrN5O. The van der Waals surface area contributed by atoms with Gasteiger partial charge in [0, 0.05) is 16.4 Å². The van der Waals surface area contributed by atoms with E-state index >= 15 is 0 Å². The number of rotatable bonds is 2. The first-order chi connectivity index (χ1) is 10.0. The molecule has 7 heteroatoms. The summed E-state index contributed by atoms with van der Waals surface area (Å²) in [7, 11) is 0. The second-order valence-corrected chi connectivity index (χ2v) is 5.53. The maximum Gasteiger partial charge on any atom is 0.295 e. The second kappa shape index (κ2) is 5.25. The minimum atomic E-state index is -0.371. The van der Waals surface area contributed by atoms with Gasteiger partial charge in [-0.1, -0.05) is 6.07 Å². The van der Waals surface area contributed by atoms with Crippen LogP contribution in [0.3, 0.4) is 0 Å². The zero-order chi connectivity index (χ0) is 15.0. The summed E-state index contributed by atoms with van der Waals surface area (Å²) in [6, 6.07) is 7.48. The van der Waals surface area contributed by atoms with Crippen LogP contribution in [0.5, 0.6) is 0 Å². The van der Waals surface area contributed by atoms with E-state index in [2.05, 4.69) is 36.3 Å². The Kier molecular flexibility index (Phi) is 3.42. The lowest BCUT2D eigenvalue weighted by atomic mass is 10.2. The molecule has 0 saturated heterocycles. The zero-order valence-electron chi connectivity index (χ0n) is 11.5. The number of halogens is 1. The number of amides is 1. The Labute approximate surface area is 129 Å². The molecule has 1 N–H and O–H groups in total. The van der Waals surface area contributed by atoms with E-state index in [0.29, 0.717) is 11.5 Å². The minimum Gasteiger partial charge on any atom is -0.318 e. The molecule has 106 valence electrons. The molecule has 0 radical (unpaired) electrons. The lowest BCUT2D eigenvalue weighted by Crippen LogP contribution is -2.14. The molecule has 0 atom stereocenters. The highest BCUT2D eigenvalue weighted by Gasteiger charge is 2.15. The molecular weight excluding hydrogens is 334 g/mol. The fraction of sp³-hybridized carbons (Fsp3) is 0.143. The van der Waals surface area contributed by atoms with Gasteiger partial charge in [-0.15, -0.1) is 5.10 Å². The van der Waals surface area contributed by atoms with Crippen molar-refractivity contribution in [2.24, 2.45) is 0 Å². The van der Waals surface area contributed by atoms with Gasteiger partial charge in [0.15, 0.2) is 0 Å². The molecule has 6 nitrogen and oxygen atoms in total. The fourth-order valence-corrected chi connectivity index (χ4v) is 2.49. The average molecular weight is 346 g/mol. The third-order valence-corrected chi connectivity index (χ3v) is 3.66. The molecule has 2 heterocycles. The number of fused-ring (bicyclic) bond motifs is 1. The van der Waals surface area contributed by atoms with Crippen LogP contribution in [-0.2, 0) is 0 Å². The normalized spacial score (nSPS) is 10.8. The smallest absolute Gasteiger partial charge is 0.295 e. The van der Waals surface area contributed by atoms with Gasteiger partial charge in [-0.25, -0.2) is 9.50 Å². The highest BCUT2D eigenvalue weighted by atomic mass is 79.9. The monoisotopic (exact) mass is 345 g/mol. The molecule has 0 aliphatic heterocycles. The van der Waals surface area contributed by atoms with Crippen molar-refractivity contribution in [1.82, 2.24) is 19.6 Å². The van der Waals surface area contributed by atoms with Crippen molar-refractivity contribution in [1.29, 1.82) is 0 Å². The third kappa shape index (κ3) is 2.64. The lowest BCUT2D eigenvalue weighted by molar-refractivity contribution is 0.101. The Bertz CT molecular complexity index is 842. The Morgan fingerprint density at radius 1 is 1.29 bits per heavy atom. The summed E-state index contributed by atoms with van der Waals surface area (Å²) in [6.45, 7) is 3.86. The SMILES string of the molecule is Cc1ccc(NC(=O)c2nc3nccc(C)n3n2)c(Br)c1. The number of anilines is 1. The van der Waals surface area contributed by atoms with Crippen LogP contribution in [0, 0.1) is 13.8 Å². The highest BCUT2D eigenvalue weighted by molar-refractivity contribution is 9.10. The van der Waals surface area contributed by atoms with Gasteiger partial charge in [0.05, 0.1) is 5.69 Å². The summed E-state index contributed by atoms with van der Waals surface area (Å²) >= 11 is 3.42. The number of aromatic nitrogens is 4. The van der Waals surface area contributed by atoms with E-state index in [9.17, 15) is 4.79 Å². The number of carbonyl (C=O) groups is 1. The van der Waals surface area contributed by atoms with Gasteiger partial charge in [-0.3, -0.25) is 4.79 Å². The molecule has 0 spiro atoms. The highest BCUT2D eigenvalue weighted by Crippen LogP contribution is 2.23. The Morgan fingerprint density at radius 3 is 2.81 bits per heavy atom. The first-order valence-corrected chi connectivity index (χ1v) is 7.10. The Morgan fingerprint density at radius 2 is 2.10 bits per heavy atom. The van der Waals surface area contributed by atoms with Crippen LogP contribution < -0.4 is 5.32 Å². The summed E-state index contributed by atoms with van der Waals surface area (Å²) in [5.74, 6) is 0.122. The fourth-order valence-electron chi connectivity index (χ4n) is 1.90. The van der Waals surface area contributed by atoms with Crippen molar-refractivity contribution < 1.29 is 4.79 Å². The van der Waals surface area contributed by atoms with Crippen molar-refractivity contribution >= 4 is 33.3 Å². The van der Waals surface area contributed by atoms with Crippen LogP contribution in [-0.4, -0.2) is 25.5 Å². The molecule has 0 aliphatic carbocycles. The van der Waals surface area contributed by atoms with E-state index in [0.717, 1.165) is 15.7 Å². The van der Waals surface area contributed by atoms with Gasteiger partial charge in [0.1, 0.15) is 0 Å². The topological polar surface area (TPSA) is 72.2 Å². The summed E-state index contributed by atoms with van der Waals surface area (Å²) in [5, 5.41) is 6.95. The quantitative estimate of drug-likeness (QED) is 0.775. The first kappa shape index (κ1) is 13.7. The number of hydrogen-bond acceptors (Lipinski definition) is 4. The zero-order valence-corrected chi connectivity index (χ0v) is 13.0. The first-order valence-electron chi connectivity index (χ1n) is 6.30. The molecule has 21 heavy (non-hydrogen) atoms. The standard InChI is InChI=1S/C14H12BrN5O/c1-8-3-4-11(10(15)7-8)17-13(21)12-18-14-16-6-5-9(2)20(14)19-12/h3-7H,1-2H3,(H,17,21). The summed E-state index contributed by atoms with van der Waals surface area (Å²) in [5.41, 5.74) is 2.64. The molecule has 0 unspecified atom stereocenters. The van der Waals surface area contributed by atoms with Crippen LogP contribution >= 0.6 is 15.9 Å². The molecule has 0 bridgehead atoms. The molecule has 1 amide bonds. The van der Waals surface area contributed by atoms with E-state index in [4.69, 9.17) is 0 Å². The molecule has 0 aliphatic rings. The van der Waals surface area contributed by atoms with Crippen LogP contribution in [0.15, 0.2) is 34.9 Å². The summed E-state index contributed by atoms with van der Waals surface area (Å²) in [4.78, 5) is 20.4. The van der Waals surface area contributed by atoms with Gasteiger partial charge in [-0.2, -0.15) is 4.98 Å². The van der Waals surface area contributed by atoms with Crippen molar-refractivity contribution in [3.8, 4) is 0 Å². The number of aryl methyl sites for hydroxylation is 2. The molecule has 0 saturated carbocycles. The maximum atomic E-state index is 12.2. The van der Waals surface area contributed by atoms with Gasteiger partial charge in [0.2, 0.25) is 5.82 Å². The third-order valence-electron chi connectivity index (χ3n) is 3.01.